The molecule has 1 spiro atoms. The molecule has 0 aromatic heterocycles. The maximum atomic E-state index is 11.9. The van der Waals surface area contributed by atoms with Gasteiger partial charge >= 0.3 is 0 Å². The molecular weight excluding hydrogens is 428 g/mol. The maximum Gasteiger partial charge on any atom is 0.0808 e. The fourth-order valence-corrected chi connectivity index (χ4v) is 8.25. The number of nitrogens with zero attached hydrogens (tertiary/aromatic N) is 2. The zero-order valence-corrected chi connectivity index (χ0v) is 22.1. The fourth-order valence-electron chi connectivity index (χ4n) is 8.25. The molecule has 5 rings (SSSR count). The van der Waals surface area contributed by atoms with E-state index in [4.69, 9.17) is 0 Å². The number of hydrogen-bond donors (Lipinski definition) is 1. The molecule has 3 nitrogen and oxygen atoms in total. The van der Waals surface area contributed by atoms with Crippen LogP contribution in [0.2, 0.25) is 0 Å². The lowest BCUT2D eigenvalue weighted by molar-refractivity contribution is -0.140. The summed E-state index contributed by atoms with van der Waals surface area (Å²) in [5.41, 5.74) is 1.70. The van der Waals surface area contributed by atoms with Crippen LogP contribution in [0.4, 0.5) is 0 Å². The Labute approximate surface area is 215 Å². The van der Waals surface area contributed by atoms with Gasteiger partial charge in [-0.3, -0.25) is 4.90 Å². The van der Waals surface area contributed by atoms with Crippen molar-refractivity contribution in [3.8, 4) is 0 Å². The summed E-state index contributed by atoms with van der Waals surface area (Å²) in [5.74, 6) is 1.11. The van der Waals surface area contributed by atoms with E-state index in [0.717, 1.165) is 25.9 Å². The molecule has 4 fully saturated rings. The lowest BCUT2D eigenvalue weighted by Crippen LogP contribution is -2.68. The molecule has 1 saturated carbocycles. The average molecular weight is 479 g/mol. The summed E-state index contributed by atoms with van der Waals surface area (Å²) >= 11 is 0. The van der Waals surface area contributed by atoms with Gasteiger partial charge < -0.3 is 10.0 Å². The SMILES string of the molecule is O[C@H]1/C2=C\C/C=C/C=C\C=C/CCN3C[C@]45CCCCCCCCCCCCN(C[C@@H]1[C@H]4C[C@@H]23)C5. The summed E-state index contributed by atoms with van der Waals surface area (Å²) in [7, 11) is 0. The van der Waals surface area contributed by atoms with E-state index in [1.165, 1.54) is 102 Å². The van der Waals surface area contributed by atoms with Crippen LogP contribution in [-0.4, -0.2) is 59.8 Å². The minimum atomic E-state index is -0.268. The van der Waals surface area contributed by atoms with E-state index in [9.17, 15) is 5.11 Å². The lowest BCUT2D eigenvalue weighted by atomic mass is 9.54. The number of piperidine rings is 2. The maximum absolute atomic E-state index is 11.9. The molecule has 0 aromatic rings. The molecule has 35 heavy (non-hydrogen) atoms. The molecule has 194 valence electrons. The number of aliphatic hydroxyl groups is 1. The van der Waals surface area contributed by atoms with Crippen LogP contribution in [0.25, 0.3) is 0 Å². The van der Waals surface area contributed by atoms with E-state index in [1.54, 1.807) is 0 Å². The van der Waals surface area contributed by atoms with E-state index in [0.29, 0.717) is 23.3 Å². The standard InChI is InChI=1S/C32H50N2O/c35-31-27-19-15-11-7-3-6-10-14-18-22-34-26-32-20-16-12-8-4-1-2-5-9-13-17-21-33(25-32)24-28(31)29(32)23-30(27)34/h3,6-7,10-11,14,19,28-31,35H,1-2,4-5,8-9,12-13,15-18,20-26H2/b6-3-,11-7+,14-10-,27-19-/t28-,29-,30+,31+,32-/m1/s1. The zero-order valence-electron chi connectivity index (χ0n) is 22.1. The highest BCUT2D eigenvalue weighted by molar-refractivity contribution is 5.28. The Hall–Kier alpha value is -1.16. The first-order valence-corrected chi connectivity index (χ1v) is 15.1. The van der Waals surface area contributed by atoms with Gasteiger partial charge in [-0.15, -0.1) is 0 Å². The molecule has 4 aliphatic heterocycles. The second-order valence-electron chi connectivity index (χ2n) is 12.3. The third-order valence-electron chi connectivity index (χ3n) is 9.96. The topological polar surface area (TPSA) is 26.7 Å². The predicted octanol–water partition coefficient (Wildman–Crippen LogP) is 6.66. The molecule has 5 aliphatic rings. The smallest absolute Gasteiger partial charge is 0.0808 e. The fraction of sp³-hybridized carbons (Fsp3) is 0.750. The highest BCUT2D eigenvalue weighted by atomic mass is 16.3. The van der Waals surface area contributed by atoms with Gasteiger partial charge in [-0.05, 0) is 55.6 Å². The molecule has 3 heteroatoms. The van der Waals surface area contributed by atoms with Gasteiger partial charge in [0.2, 0.25) is 0 Å². The van der Waals surface area contributed by atoms with Crippen LogP contribution in [-0.2, 0) is 0 Å². The summed E-state index contributed by atoms with van der Waals surface area (Å²) in [6, 6.07) is 0.440. The Morgan fingerprint density at radius 3 is 2.29 bits per heavy atom. The first-order valence-electron chi connectivity index (χ1n) is 15.1. The highest BCUT2D eigenvalue weighted by Gasteiger charge is 2.58. The molecule has 1 unspecified atom stereocenters. The number of fused-ring (bicyclic) bond motifs is 1. The minimum absolute atomic E-state index is 0.268. The molecule has 6 atom stereocenters. The van der Waals surface area contributed by atoms with Crippen molar-refractivity contribution < 1.29 is 5.11 Å². The quantitative estimate of drug-likeness (QED) is 0.394. The Kier molecular flexibility index (Phi) is 9.02. The van der Waals surface area contributed by atoms with Gasteiger partial charge in [-0.25, -0.2) is 0 Å². The zero-order chi connectivity index (χ0) is 23.9. The van der Waals surface area contributed by atoms with Gasteiger partial charge in [-0.1, -0.05) is 100 Å². The van der Waals surface area contributed by atoms with E-state index in [2.05, 4.69) is 52.3 Å². The van der Waals surface area contributed by atoms with E-state index < -0.39 is 0 Å². The third kappa shape index (κ3) is 6.05. The molecule has 4 bridgehead atoms. The summed E-state index contributed by atoms with van der Waals surface area (Å²) in [4.78, 5) is 5.60. The summed E-state index contributed by atoms with van der Waals surface area (Å²) < 4.78 is 0. The normalized spacial score (nSPS) is 44.0. The molecule has 4 heterocycles. The second-order valence-corrected chi connectivity index (χ2v) is 12.3. The molecule has 0 radical (unpaired) electrons. The largest absolute Gasteiger partial charge is 0.388 e. The van der Waals surface area contributed by atoms with Crippen molar-refractivity contribution in [1.82, 2.24) is 9.80 Å². The predicted molar refractivity (Wildman–Crippen MR) is 147 cm³/mol. The van der Waals surface area contributed by atoms with E-state index in [1.807, 2.05) is 0 Å². The highest BCUT2D eigenvalue weighted by Crippen LogP contribution is 2.55. The van der Waals surface area contributed by atoms with Gasteiger partial charge in [0.1, 0.15) is 0 Å². The van der Waals surface area contributed by atoms with Gasteiger partial charge in [-0.2, -0.15) is 0 Å². The van der Waals surface area contributed by atoms with Crippen molar-refractivity contribution in [3.05, 3.63) is 48.1 Å². The Morgan fingerprint density at radius 2 is 1.49 bits per heavy atom. The molecule has 1 N–H and O–H groups in total. The van der Waals surface area contributed by atoms with Crippen LogP contribution < -0.4 is 0 Å². The number of allylic oxidation sites excluding steroid dienone is 6. The number of aliphatic hydroxyl groups excluding tert-OH is 1. The molecule has 0 amide bonds. The average Bonchev–Trinajstić information content (AvgIpc) is 2.87. The van der Waals surface area contributed by atoms with Crippen molar-refractivity contribution in [3.63, 3.8) is 0 Å². The van der Waals surface area contributed by atoms with Crippen LogP contribution in [0.1, 0.15) is 89.9 Å². The summed E-state index contributed by atoms with van der Waals surface area (Å²) in [6.07, 6.45) is 34.1. The van der Waals surface area contributed by atoms with Gasteiger partial charge in [0, 0.05) is 38.1 Å². The molecular formula is C32H50N2O. The monoisotopic (exact) mass is 478 g/mol. The first-order chi connectivity index (χ1) is 17.3. The van der Waals surface area contributed by atoms with Crippen LogP contribution in [0.5, 0.6) is 0 Å². The van der Waals surface area contributed by atoms with Crippen LogP contribution >= 0.6 is 0 Å². The van der Waals surface area contributed by atoms with Gasteiger partial charge in [0.15, 0.2) is 0 Å². The van der Waals surface area contributed by atoms with Crippen molar-refractivity contribution in [2.45, 2.75) is 102 Å². The van der Waals surface area contributed by atoms with Crippen LogP contribution in [0, 0.1) is 17.3 Å². The Morgan fingerprint density at radius 1 is 0.771 bits per heavy atom. The van der Waals surface area contributed by atoms with Crippen molar-refractivity contribution in [2.75, 3.05) is 32.7 Å². The first kappa shape index (κ1) is 25.5. The number of hydrogen-bond acceptors (Lipinski definition) is 3. The van der Waals surface area contributed by atoms with Crippen molar-refractivity contribution in [2.24, 2.45) is 17.3 Å². The van der Waals surface area contributed by atoms with Crippen molar-refractivity contribution >= 4 is 0 Å². The van der Waals surface area contributed by atoms with E-state index in [-0.39, 0.29) is 6.10 Å². The Balaban J connectivity index is 1.44. The molecule has 3 saturated heterocycles. The minimum Gasteiger partial charge on any atom is -0.388 e. The lowest BCUT2D eigenvalue weighted by Gasteiger charge is -2.63. The van der Waals surface area contributed by atoms with Crippen LogP contribution in [0.3, 0.4) is 0 Å². The number of rotatable bonds is 0. The van der Waals surface area contributed by atoms with Gasteiger partial charge in [0.05, 0.1) is 6.10 Å². The summed E-state index contributed by atoms with van der Waals surface area (Å²) in [5, 5.41) is 11.9. The van der Waals surface area contributed by atoms with E-state index >= 15 is 0 Å². The Bertz CT molecular complexity index is 797. The van der Waals surface area contributed by atoms with Crippen LogP contribution in [0.15, 0.2) is 48.1 Å². The summed E-state index contributed by atoms with van der Waals surface area (Å²) in [6.45, 7) is 5.96. The van der Waals surface area contributed by atoms with Gasteiger partial charge in [0.25, 0.3) is 0 Å². The van der Waals surface area contributed by atoms with Crippen molar-refractivity contribution in [1.29, 1.82) is 0 Å². The third-order valence-corrected chi connectivity index (χ3v) is 9.96. The molecule has 0 aromatic carbocycles. The second kappa shape index (κ2) is 12.4. The molecule has 1 aliphatic carbocycles.